The quantitative estimate of drug-likeness (QED) is 0.779. The zero-order valence-corrected chi connectivity index (χ0v) is 13.6. The Morgan fingerprint density at radius 1 is 1.24 bits per heavy atom. The van der Waals surface area contributed by atoms with Gasteiger partial charge in [-0.1, -0.05) is 36.6 Å². The molecule has 1 N–H and O–H groups in total. The predicted molar refractivity (Wildman–Crippen MR) is 88.2 cm³/mol. The molecule has 8 nitrogen and oxygen atoms in total. The Morgan fingerprint density at radius 3 is 2.88 bits per heavy atom. The minimum absolute atomic E-state index is 0.0794. The number of nitrogens with zero attached hydrogens (tertiary/aromatic N) is 3. The number of aromatic nitrogens is 3. The fourth-order valence-electron chi connectivity index (χ4n) is 3.21. The minimum Gasteiger partial charge on any atom is -0.408 e. The molecule has 2 aromatic heterocycles. The Bertz CT molecular complexity index is 949. The monoisotopic (exact) mass is 342 g/mol. The lowest BCUT2D eigenvalue weighted by atomic mass is 9.95. The van der Waals surface area contributed by atoms with Gasteiger partial charge in [0.2, 0.25) is 0 Å². The van der Waals surface area contributed by atoms with Crippen LogP contribution < -0.4 is 11.1 Å². The lowest BCUT2D eigenvalue weighted by Crippen LogP contribution is -2.36. The molecule has 1 fully saturated rings. The second kappa shape index (κ2) is 6.54. The zero-order chi connectivity index (χ0) is 17.2. The van der Waals surface area contributed by atoms with E-state index in [4.69, 9.17) is 8.94 Å². The highest BCUT2D eigenvalue weighted by atomic mass is 16.5. The molecule has 8 heteroatoms. The van der Waals surface area contributed by atoms with Crippen LogP contribution in [-0.4, -0.2) is 26.7 Å². The summed E-state index contributed by atoms with van der Waals surface area (Å²) in [6, 6.07) is 7.26. The molecule has 1 amide bonds. The topological polar surface area (TPSA) is 103 Å². The summed E-state index contributed by atoms with van der Waals surface area (Å²) in [5.41, 5.74) is 1.14. The van der Waals surface area contributed by atoms with Crippen LogP contribution in [0.3, 0.4) is 0 Å². The average molecular weight is 342 g/mol. The molecule has 1 aromatic carbocycles. The molecule has 3 aromatic rings. The number of amides is 1. The lowest BCUT2D eigenvalue weighted by molar-refractivity contribution is 0.0883. The van der Waals surface area contributed by atoms with E-state index in [1.165, 1.54) is 11.0 Å². The first kappa shape index (κ1) is 15.6. The summed E-state index contributed by atoms with van der Waals surface area (Å²) in [4.78, 5) is 28.3. The van der Waals surface area contributed by atoms with E-state index in [-0.39, 0.29) is 30.2 Å². The van der Waals surface area contributed by atoms with Crippen molar-refractivity contribution in [3.63, 3.8) is 0 Å². The minimum atomic E-state index is -0.501. The molecule has 0 bridgehead atoms. The third-order valence-electron chi connectivity index (χ3n) is 4.48. The SMILES string of the molecule is O=C(NC1CCCCC1)c1nc(Cn2c(=O)oc3ccccc32)no1. The molecular formula is C17H18N4O4. The van der Waals surface area contributed by atoms with Crippen molar-refractivity contribution in [3.05, 3.63) is 46.5 Å². The van der Waals surface area contributed by atoms with Gasteiger partial charge >= 0.3 is 17.6 Å². The number of carbonyl (C=O) groups is 1. The molecule has 1 saturated carbocycles. The van der Waals surface area contributed by atoms with Gasteiger partial charge in [-0.25, -0.2) is 4.79 Å². The molecule has 25 heavy (non-hydrogen) atoms. The van der Waals surface area contributed by atoms with Crippen LogP contribution in [-0.2, 0) is 6.54 Å². The Labute approximate surface area is 142 Å². The van der Waals surface area contributed by atoms with Crippen molar-refractivity contribution >= 4 is 17.0 Å². The Kier molecular flexibility index (Phi) is 4.09. The first-order valence-electron chi connectivity index (χ1n) is 8.42. The van der Waals surface area contributed by atoms with Crippen LogP contribution in [0.15, 0.2) is 38.0 Å². The molecule has 130 valence electrons. The molecule has 4 rings (SSSR count). The van der Waals surface area contributed by atoms with Crippen LogP contribution in [0.1, 0.15) is 48.6 Å². The maximum Gasteiger partial charge on any atom is 0.420 e. The zero-order valence-electron chi connectivity index (χ0n) is 13.6. The van der Waals surface area contributed by atoms with Crippen molar-refractivity contribution in [2.24, 2.45) is 0 Å². The number of hydrogen-bond acceptors (Lipinski definition) is 6. The van der Waals surface area contributed by atoms with Crippen LogP contribution in [0, 0.1) is 0 Å². The first-order chi connectivity index (χ1) is 12.2. The van der Waals surface area contributed by atoms with Crippen LogP contribution in [0.25, 0.3) is 11.1 Å². The van der Waals surface area contributed by atoms with Gasteiger partial charge in [-0.05, 0) is 25.0 Å². The highest BCUT2D eigenvalue weighted by Gasteiger charge is 2.21. The Hall–Kier alpha value is -2.90. The summed E-state index contributed by atoms with van der Waals surface area (Å²) < 4.78 is 11.6. The van der Waals surface area contributed by atoms with Crippen molar-refractivity contribution in [1.29, 1.82) is 0 Å². The largest absolute Gasteiger partial charge is 0.420 e. The molecule has 0 saturated heterocycles. The van der Waals surface area contributed by atoms with Gasteiger partial charge in [0.1, 0.15) is 0 Å². The van der Waals surface area contributed by atoms with Crippen LogP contribution >= 0.6 is 0 Å². The molecule has 2 heterocycles. The number of carbonyl (C=O) groups excluding carboxylic acids is 1. The summed E-state index contributed by atoms with van der Waals surface area (Å²) in [6.07, 6.45) is 5.41. The standard InChI is InChI=1S/C17H18N4O4/c22-15(18-11-6-2-1-3-7-11)16-19-14(20-25-16)10-21-12-8-4-5-9-13(12)24-17(21)23/h4-5,8-9,11H,1-3,6-7,10H2,(H,18,22). The van der Waals surface area contributed by atoms with E-state index in [1.54, 1.807) is 18.2 Å². The van der Waals surface area contributed by atoms with Gasteiger partial charge in [-0.3, -0.25) is 9.36 Å². The Morgan fingerprint density at radius 2 is 2.04 bits per heavy atom. The number of fused-ring (bicyclic) bond motifs is 1. The normalized spacial score (nSPS) is 15.5. The molecule has 0 radical (unpaired) electrons. The number of benzene rings is 1. The number of para-hydroxylation sites is 2. The number of nitrogens with one attached hydrogen (secondary N) is 1. The summed E-state index contributed by atoms with van der Waals surface area (Å²) in [5.74, 6) is -0.696. The van der Waals surface area contributed by atoms with Crippen LogP contribution in [0.5, 0.6) is 0 Å². The van der Waals surface area contributed by atoms with E-state index in [9.17, 15) is 9.59 Å². The highest BCUT2D eigenvalue weighted by molar-refractivity contribution is 5.89. The summed E-state index contributed by atoms with van der Waals surface area (Å²) in [7, 11) is 0. The van der Waals surface area contributed by atoms with Crippen molar-refractivity contribution in [2.75, 3.05) is 0 Å². The second-order valence-electron chi connectivity index (χ2n) is 6.25. The van der Waals surface area contributed by atoms with Gasteiger partial charge in [0.15, 0.2) is 11.4 Å². The van der Waals surface area contributed by atoms with Crippen molar-refractivity contribution in [2.45, 2.75) is 44.7 Å². The summed E-state index contributed by atoms with van der Waals surface area (Å²) in [5, 5.41) is 6.73. The van der Waals surface area contributed by atoms with Crippen LogP contribution in [0.4, 0.5) is 0 Å². The van der Waals surface area contributed by atoms with Gasteiger partial charge in [-0.2, -0.15) is 4.98 Å². The molecular weight excluding hydrogens is 324 g/mol. The number of hydrogen-bond donors (Lipinski definition) is 1. The predicted octanol–water partition coefficient (Wildman–Crippen LogP) is 2.09. The number of rotatable bonds is 4. The van der Waals surface area contributed by atoms with E-state index < -0.39 is 5.76 Å². The first-order valence-corrected chi connectivity index (χ1v) is 8.42. The van der Waals surface area contributed by atoms with E-state index in [2.05, 4.69) is 15.5 Å². The maximum atomic E-state index is 12.2. The lowest BCUT2D eigenvalue weighted by Gasteiger charge is -2.21. The van der Waals surface area contributed by atoms with Gasteiger partial charge in [0.05, 0.1) is 12.1 Å². The van der Waals surface area contributed by atoms with E-state index in [0.29, 0.717) is 11.1 Å². The van der Waals surface area contributed by atoms with Gasteiger partial charge in [0, 0.05) is 6.04 Å². The summed E-state index contributed by atoms with van der Waals surface area (Å²) >= 11 is 0. The molecule has 0 spiro atoms. The van der Waals surface area contributed by atoms with Gasteiger partial charge < -0.3 is 14.3 Å². The number of oxazole rings is 1. The molecule has 0 atom stereocenters. The third kappa shape index (κ3) is 3.19. The second-order valence-corrected chi connectivity index (χ2v) is 6.25. The summed E-state index contributed by atoms with van der Waals surface area (Å²) in [6.45, 7) is 0.0794. The maximum absolute atomic E-state index is 12.2. The van der Waals surface area contributed by atoms with Gasteiger partial charge in [0.25, 0.3) is 0 Å². The smallest absolute Gasteiger partial charge is 0.408 e. The van der Waals surface area contributed by atoms with E-state index in [1.807, 2.05) is 6.07 Å². The molecule has 0 aliphatic heterocycles. The van der Waals surface area contributed by atoms with E-state index >= 15 is 0 Å². The average Bonchev–Trinajstić information content (AvgIpc) is 3.21. The van der Waals surface area contributed by atoms with E-state index in [0.717, 1.165) is 25.7 Å². The third-order valence-corrected chi connectivity index (χ3v) is 4.48. The molecule has 1 aliphatic carbocycles. The highest BCUT2D eigenvalue weighted by Crippen LogP contribution is 2.18. The molecule has 1 aliphatic rings. The van der Waals surface area contributed by atoms with Crippen molar-refractivity contribution in [3.8, 4) is 0 Å². The van der Waals surface area contributed by atoms with Crippen LogP contribution in [0.2, 0.25) is 0 Å². The fourth-order valence-corrected chi connectivity index (χ4v) is 3.21. The van der Waals surface area contributed by atoms with Crippen molar-refractivity contribution in [1.82, 2.24) is 20.0 Å². The van der Waals surface area contributed by atoms with Gasteiger partial charge in [-0.15, -0.1) is 0 Å². The molecule has 0 unspecified atom stereocenters. The Balaban J connectivity index is 1.50. The fraction of sp³-hybridized carbons (Fsp3) is 0.412. The van der Waals surface area contributed by atoms with Crippen molar-refractivity contribution < 1.29 is 13.7 Å².